The summed E-state index contributed by atoms with van der Waals surface area (Å²) in [6.45, 7) is 2.78. The minimum absolute atomic E-state index is 0.0298. The zero-order valence-electron chi connectivity index (χ0n) is 14.3. The van der Waals surface area contributed by atoms with Crippen LogP contribution in [-0.2, 0) is 11.3 Å². The van der Waals surface area contributed by atoms with Crippen LogP contribution in [0.3, 0.4) is 0 Å². The van der Waals surface area contributed by atoms with Gasteiger partial charge in [-0.25, -0.2) is 0 Å². The van der Waals surface area contributed by atoms with Gasteiger partial charge in [-0.05, 0) is 36.3 Å². The fourth-order valence-electron chi connectivity index (χ4n) is 2.24. The number of carbonyl (C=O) groups excluding carboxylic acids is 1. The molecule has 5 heteroatoms. The van der Waals surface area contributed by atoms with E-state index in [1.54, 1.807) is 25.3 Å². The molecule has 0 atom stereocenters. The minimum atomic E-state index is -0.417. The van der Waals surface area contributed by atoms with Crippen LogP contribution in [0.2, 0.25) is 0 Å². The molecule has 0 saturated heterocycles. The number of amides is 1. The molecule has 0 heterocycles. The third-order valence-electron chi connectivity index (χ3n) is 3.46. The molecular weight excluding hydrogens is 316 g/mol. The first-order chi connectivity index (χ1) is 12.2. The second-order valence-corrected chi connectivity index (χ2v) is 5.18. The molecule has 2 aromatic carbocycles. The number of nitrogens with one attached hydrogen (secondary N) is 1. The highest BCUT2D eigenvalue weighted by Gasteiger charge is 2.10. The van der Waals surface area contributed by atoms with E-state index in [4.69, 9.17) is 9.47 Å². The highest BCUT2D eigenvalue weighted by molar-refractivity contribution is 6.01. The van der Waals surface area contributed by atoms with Gasteiger partial charge in [0, 0.05) is 6.54 Å². The number of methoxy groups -OCH3 is 1. The lowest BCUT2D eigenvalue weighted by molar-refractivity contribution is -0.117. The number of nitriles is 1. The van der Waals surface area contributed by atoms with Crippen molar-refractivity contribution in [1.82, 2.24) is 5.32 Å². The van der Waals surface area contributed by atoms with Crippen LogP contribution in [0, 0.1) is 11.3 Å². The van der Waals surface area contributed by atoms with Crippen LogP contribution in [0.5, 0.6) is 11.5 Å². The quantitative estimate of drug-likeness (QED) is 0.622. The first-order valence-electron chi connectivity index (χ1n) is 7.92. The van der Waals surface area contributed by atoms with Gasteiger partial charge in [-0.1, -0.05) is 36.4 Å². The summed E-state index contributed by atoms with van der Waals surface area (Å²) < 4.78 is 10.7. The summed E-state index contributed by atoms with van der Waals surface area (Å²) in [6.07, 6.45) is 1.53. The van der Waals surface area contributed by atoms with Gasteiger partial charge in [-0.2, -0.15) is 5.26 Å². The molecular formula is C20H20N2O3. The van der Waals surface area contributed by atoms with Crippen molar-refractivity contribution in [3.05, 3.63) is 65.2 Å². The molecule has 1 amide bonds. The van der Waals surface area contributed by atoms with Gasteiger partial charge in [0.1, 0.15) is 11.6 Å². The SMILES string of the molecule is CCOc1ccc(C=C(C#N)C(=O)NCc2ccccc2)cc1OC. The highest BCUT2D eigenvalue weighted by Crippen LogP contribution is 2.28. The molecule has 2 rings (SSSR count). The molecule has 0 aromatic heterocycles. The van der Waals surface area contributed by atoms with Gasteiger partial charge in [0.2, 0.25) is 0 Å². The van der Waals surface area contributed by atoms with Gasteiger partial charge in [0.05, 0.1) is 13.7 Å². The smallest absolute Gasteiger partial charge is 0.262 e. The Morgan fingerprint density at radius 1 is 1.20 bits per heavy atom. The predicted molar refractivity (Wildman–Crippen MR) is 96.0 cm³/mol. The van der Waals surface area contributed by atoms with E-state index in [0.717, 1.165) is 5.56 Å². The molecule has 128 valence electrons. The summed E-state index contributed by atoms with van der Waals surface area (Å²) in [4.78, 5) is 12.2. The Bertz CT molecular complexity index is 792. The van der Waals surface area contributed by atoms with Crippen molar-refractivity contribution in [3.8, 4) is 17.6 Å². The Morgan fingerprint density at radius 2 is 1.96 bits per heavy atom. The summed E-state index contributed by atoms with van der Waals surface area (Å²) in [5.74, 6) is 0.756. The topological polar surface area (TPSA) is 71.3 Å². The molecule has 0 fully saturated rings. The molecule has 0 aliphatic rings. The van der Waals surface area contributed by atoms with Crippen molar-refractivity contribution in [1.29, 1.82) is 5.26 Å². The molecule has 0 saturated carbocycles. The van der Waals surface area contributed by atoms with Crippen molar-refractivity contribution in [2.45, 2.75) is 13.5 Å². The Morgan fingerprint density at radius 3 is 2.60 bits per heavy atom. The molecule has 5 nitrogen and oxygen atoms in total. The maximum Gasteiger partial charge on any atom is 0.262 e. The van der Waals surface area contributed by atoms with Crippen LogP contribution in [0.4, 0.5) is 0 Å². The zero-order chi connectivity index (χ0) is 18.1. The number of ether oxygens (including phenoxy) is 2. The van der Waals surface area contributed by atoms with Crippen molar-refractivity contribution in [2.24, 2.45) is 0 Å². The second kappa shape index (κ2) is 9.14. The molecule has 2 aromatic rings. The minimum Gasteiger partial charge on any atom is -0.493 e. The number of carbonyl (C=O) groups is 1. The molecule has 0 aliphatic carbocycles. The monoisotopic (exact) mass is 336 g/mol. The van der Waals surface area contributed by atoms with E-state index in [2.05, 4.69) is 5.32 Å². The maximum absolute atomic E-state index is 12.2. The Hall–Kier alpha value is -3.26. The van der Waals surface area contributed by atoms with Gasteiger partial charge in [0.15, 0.2) is 11.5 Å². The lowest BCUT2D eigenvalue weighted by atomic mass is 10.1. The fraction of sp³-hybridized carbons (Fsp3) is 0.200. The summed E-state index contributed by atoms with van der Waals surface area (Å²) in [7, 11) is 1.54. The van der Waals surface area contributed by atoms with Gasteiger partial charge in [0.25, 0.3) is 5.91 Å². The first-order valence-corrected chi connectivity index (χ1v) is 7.92. The number of hydrogen-bond donors (Lipinski definition) is 1. The average Bonchev–Trinajstić information content (AvgIpc) is 2.66. The predicted octanol–water partition coefficient (Wildman–Crippen LogP) is 3.32. The van der Waals surface area contributed by atoms with Gasteiger partial charge in [-0.15, -0.1) is 0 Å². The van der Waals surface area contributed by atoms with Crippen LogP contribution in [0.1, 0.15) is 18.1 Å². The average molecular weight is 336 g/mol. The van der Waals surface area contributed by atoms with E-state index >= 15 is 0 Å². The normalized spacial score (nSPS) is 10.7. The van der Waals surface area contributed by atoms with Crippen molar-refractivity contribution >= 4 is 12.0 Å². The first kappa shape index (κ1) is 18.1. The molecule has 0 radical (unpaired) electrons. The summed E-state index contributed by atoms with van der Waals surface area (Å²) in [6, 6.07) is 16.7. The Labute approximate surface area is 147 Å². The Kier molecular flexibility index (Phi) is 6.61. The van der Waals surface area contributed by atoms with E-state index in [-0.39, 0.29) is 5.57 Å². The lowest BCUT2D eigenvalue weighted by Gasteiger charge is -2.10. The molecule has 0 unspecified atom stereocenters. The van der Waals surface area contributed by atoms with Crippen LogP contribution in [-0.4, -0.2) is 19.6 Å². The van der Waals surface area contributed by atoms with Gasteiger partial charge < -0.3 is 14.8 Å². The molecule has 25 heavy (non-hydrogen) atoms. The standard InChI is InChI=1S/C20H20N2O3/c1-3-25-18-10-9-16(12-19(18)24-2)11-17(13-21)20(23)22-14-15-7-5-4-6-8-15/h4-12H,3,14H2,1-2H3,(H,22,23). The third kappa shape index (κ3) is 5.11. The van der Waals surface area contributed by atoms with Crippen LogP contribution in [0.25, 0.3) is 6.08 Å². The summed E-state index contributed by atoms with van der Waals surface area (Å²) in [5.41, 5.74) is 1.68. The van der Waals surface area contributed by atoms with Gasteiger partial charge in [-0.3, -0.25) is 4.79 Å². The van der Waals surface area contributed by atoms with Crippen molar-refractivity contribution < 1.29 is 14.3 Å². The highest BCUT2D eigenvalue weighted by atomic mass is 16.5. The second-order valence-electron chi connectivity index (χ2n) is 5.18. The Balaban J connectivity index is 2.13. The molecule has 0 bridgehead atoms. The molecule has 0 spiro atoms. The maximum atomic E-state index is 12.2. The van der Waals surface area contributed by atoms with Gasteiger partial charge >= 0.3 is 0 Å². The summed E-state index contributed by atoms with van der Waals surface area (Å²) >= 11 is 0. The number of nitrogens with zero attached hydrogens (tertiary/aromatic N) is 1. The molecule has 0 aliphatic heterocycles. The van der Waals surface area contributed by atoms with E-state index in [1.165, 1.54) is 6.08 Å². The number of hydrogen-bond acceptors (Lipinski definition) is 4. The van der Waals surface area contributed by atoms with Crippen LogP contribution in [0.15, 0.2) is 54.1 Å². The summed E-state index contributed by atoms with van der Waals surface area (Å²) in [5, 5.41) is 12.0. The van der Waals surface area contributed by atoms with E-state index in [9.17, 15) is 10.1 Å². The fourth-order valence-corrected chi connectivity index (χ4v) is 2.24. The number of benzene rings is 2. The van der Waals surface area contributed by atoms with Crippen LogP contribution < -0.4 is 14.8 Å². The van der Waals surface area contributed by atoms with E-state index in [0.29, 0.717) is 30.2 Å². The zero-order valence-corrected chi connectivity index (χ0v) is 14.3. The number of rotatable bonds is 7. The molecule has 1 N–H and O–H groups in total. The van der Waals surface area contributed by atoms with E-state index in [1.807, 2.05) is 43.3 Å². The van der Waals surface area contributed by atoms with Crippen molar-refractivity contribution in [2.75, 3.05) is 13.7 Å². The lowest BCUT2D eigenvalue weighted by Crippen LogP contribution is -2.23. The largest absolute Gasteiger partial charge is 0.493 e. The van der Waals surface area contributed by atoms with E-state index < -0.39 is 5.91 Å². The third-order valence-corrected chi connectivity index (χ3v) is 3.46. The van der Waals surface area contributed by atoms with Crippen LogP contribution >= 0.6 is 0 Å². The van der Waals surface area contributed by atoms with Crippen molar-refractivity contribution in [3.63, 3.8) is 0 Å².